The number of hydrogen-bond donors (Lipinski definition) is 0. The van der Waals surface area contributed by atoms with Crippen LogP contribution in [0, 0.1) is 17.1 Å². The highest BCUT2D eigenvalue weighted by molar-refractivity contribution is 5.89. The highest BCUT2D eigenvalue weighted by Crippen LogP contribution is 2.26. The Morgan fingerprint density at radius 1 is 1.25 bits per heavy atom. The van der Waals surface area contributed by atoms with Crippen molar-refractivity contribution in [3.05, 3.63) is 58.9 Å². The molecule has 0 saturated carbocycles. The Bertz CT molecular complexity index is 1000. The van der Waals surface area contributed by atoms with Gasteiger partial charge in [-0.3, -0.25) is 4.90 Å². The van der Waals surface area contributed by atoms with Gasteiger partial charge < -0.3 is 14.4 Å². The van der Waals surface area contributed by atoms with E-state index in [-0.39, 0.29) is 16.9 Å². The van der Waals surface area contributed by atoms with Crippen LogP contribution < -0.4 is 9.64 Å². The molecular weight excluding hydrogens is 361 g/mol. The molecule has 0 radical (unpaired) electrons. The number of benzene rings is 2. The number of nitrogens with zero attached hydrogens (tertiary/aromatic N) is 3. The number of piperazine rings is 1. The molecule has 1 heterocycles. The van der Waals surface area contributed by atoms with Crippen molar-refractivity contribution in [2.75, 3.05) is 45.2 Å². The Morgan fingerprint density at radius 3 is 2.68 bits per heavy atom. The number of halogens is 1. The van der Waals surface area contributed by atoms with Crippen molar-refractivity contribution in [1.82, 2.24) is 4.90 Å². The summed E-state index contributed by atoms with van der Waals surface area (Å²) in [6.07, 6.45) is 0. The van der Waals surface area contributed by atoms with Gasteiger partial charge in [-0.15, -0.1) is 0 Å². The van der Waals surface area contributed by atoms with E-state index in [1.165, 1.54) is 13.2 Å². The number of nitriles is 1. The summed E-state index contributed by atoms with van der Waals surface area (Å²) in [7, 11) is -1.39. The van der Waals surface area contributed by atoms with Crippen molar-refractivity contribution in [3.63, 3.8) is 0 Å². The monoisotopic (exact) mass is 386 g/mol. The normalized spacial score (nSPS) is 16.5. The van der Waals surface area contributed by atoms with Crippen LogP contribution in [0.3, 0.4) is 0 Å². The first-order valence-corrected chi connectivity index (χ1v) is 8.77. The van der Waals surface area contributed by atoms with E-state index in [1.807, 2.05) is 6.07 Å². The Hall–Kier alpha value is -3.11. The molecular formula is C21H22FN3O3. The number of methoxy groups -OCH3 is 2. The molecule has 1 saturated heterocycles. The van der Waals surface area contributed by atoms with Crippen molar-refractivity contribution in [2.45, 2.75) is 6.54 Å². The van der Waals surface area contributed by atoms with E-state index in [2.05, 4.69) is 14.5 Å². The van der Waals surface area contributed by atoms with Crippen molar-refractivity contribution in [1.29, 1.82) is 5.26 Å². The fourth-order valence-corrected chi connectivity index (χ4v) is 3.21. The number of carbonyl (C=O) groups is 1. The molecule has 0 N–H and O–H groups in total. The van der Waals surface area contributed by atoms with Crippen LogP contribution in [0.5, 0.6) is 5.75 Å². The minimum Gasteiger partial charge on any atom is -0.495 e. The SMILES string of the molecule is [2H]C([2H])([2H])Oc1cc(N2CCN(Cc3ccc(C(=O)OC)cc3F)CC2)ccc1C#N. The second kappa shape index (κ2) is 8.72. The minimum absolute atomic E-state index is 0.0233. The first-order chi connectivity index (χ1) is 14.7. The van der Waals surface area contributed by atoms with Gasteiger partial charge in [0.05, 0.1) is 29.4 Å². The van der Waals surface area contributed by atoms with Gasteiger partial charge in [-0.2, -0.15) is 5.26 Å². The molecule has 1 fully saturated rings. The molecule has 28 heavy (non-hydrogen) atoms. The van der Waals surface area contributed by atoms with Gasteiger partial charge in [-0.1, -0.05) is 6.07 Å². The van der Waals surface area contributed by atoms with Crippen LogP contribution in [0.15, 0.2) is 36.4 Å². The van der Waals surface area contributed by atoms with Gasteiger partial charge in [-0.25, -0.2) is 9.18 Å². The number of ether oxygens (including phenoxy) is 2. The molecule has 0 bridgehead atoms. The Labute approximate surface area is 167 Å². The number of anilines is 1. The van der Waals surface area contributed by atoms with Crippen LogP contribution >= 0.6 is 0 Å². The summed E-state index contributed by atoms with van der Waals surface area (Å²) in [5, 5.41) is 9.19. The molecule has 0 atom stereocenters. The average molecular weight is 386 g/mol. The first-order valence-electron chi connectivity index (χ1n) is 10.3. The fourth-order valence-electron chi connectivity index (χ4n) is 3.21. The minimum atomic E-state index is -2.64. The zero-order chi connectivity index (χ0) is 22.6. The standard InChI is InChI=1S/C21H22FN3O3/c1-27-20-12-18(6-5-16(20)13-23)25-9-7-24(8-10-25)14-17-4-3-15(11-19(17)22)21(26)28-2/h3-6,11-12H,7-10,14H2,1-2H3/i1D3. The molecule has 0 aromatic heterocycles. The summed E-state index contributed by atoms with van der Waals surface area (Å²) in [5.41, 5.74) is 1.58. The van der Waals surface area contributed by atoms with Gasteiger partial charge in [0.15, 0.2) is 0 Å². The van der Waals surface area contributed by atoms with Crippen LogP contribution in [0.1, 0.15) is 25.6 Å². The summed E-state index contributed by atoms with van der Waals surface area (Å²) >= 11 is 0. The molecule has 2 aromatic rings. The summed E-state index contributed by atoms with van der Waals surface area (Å²) in [6, 6.07) is 11.1. The van der Waals surface area contributed by atoms with Crippen LogP contribution in [-0.2, 0) is 11.3 Å². The van der Waals surface area contributed by atoms with Gasteiger partial charge >= 0.3 is 5.97 Å². The van der Waals surface area contributed by atoms with Gasteiger partial charge in [0, 0.05) is 50.0 Å². The summed E-state index contributed by atoms with van der Waals surface area (Å²) in [4.78, 5) is 15.7. The Morgan fingerprint density at radius 2 is 2.04 bits per heavy atom. The maximum absolute atomic E-state index is 14.4. The molecule has 1 aliphatic heterocycles. The number of esters is 1. The summed E-state index contributed by atoms with van der Waals surface area (Å²) in [5.74, 6) is -1.01. The molecule has 0 spiro atoms. The third-order valence-electron chi connectivity index (χ3n) is 4.80. The molecule has 1 aliphatic rings. The van der Waals surface area contributed by atoms with Crippen LogP contribution in [0.25, 0.3) is 0 Å². The third-order valence-corrected chi connectivity index (χ3v) is 4.80. The van der Waals surface area contributed by atoms with E-state index < -0.39 is 18.8 Å². The molecule has 0 aliphatic carbocycles. The van der Waals surface area contributed by atoms with Gasteiger partial charge in [-0.05, 0) is 24.3 Å². The number of rotatable bonds is 5. The number of hydrogen-bond acceptors (Lipinski definition) is 6. The molecule has 3 rings (SSSR count). The molecule has 146 valence electrons. The van der Waals surface area contributed by atoms with Gasteiger partial charge in [0.1, 0.15) is 17.6 Å². The van der Waals surface area contributed by atoms with Crippen LogP contribution in [-0.4, -0.2) is 51.2 Å². The second-order valence-corrected chi connectivity index (χ2v) is 6.46. The smallest absolute Gasteiger partial charge is 0.337 e. The molecule has 0 amide bonds. The maximum Gasteiger partial charge on any atom is 0.337 e. The lowest BCUT2D eigenvalue weighted by Crippen LogP contribution is -2.46. The van der Waals surface area contributed by atoms with E-state index in [1.54, 1.807) is 30.3 Å². The lowest BCUT2D eigenvalue weighted by atomic mass is 10.1. The predicted molar refractivity (Wildman–Crippen MR) is 103 cm³/mol. The van der Waals surface area contributed by atoms with Crippen molar-refractivity contribution < 1.29 is 22.8 Å². The van der Waals surface area contributed by atoms with E-state index >= 15 is 0 Å². The maximum atomic E-state index is 14.4. The van der Waals surface area contributed by atoms with Gasteiger partial charge in [0.2, 0.25) is 0 Å². The Balaban J connectivity index is 1.64. The van der Waals surface area contributed by atoms with E-state index in [0.29, 0.717) is 38.3 Å². The average Bonchev–Trinajstić information content (AvgIpc) is 2.74. The zero-order valence-corrected chi connectivity index (χ0v) is 15.4. The lowest BCUT2D eigenvalue weighted by Gasteiger charge is -2.36. The molecule has 0 unspecified atom stereocenters. The summed E-state index contributed by atoms with van der Waals surface area (Å²) in [6.45, 7) is 3.01. The lowest BCUT2D eigenvalue weighted by molar-refractivity contribution is 0.0600. The van der Waals surface area contributed by atoms with Crippen LogP contribution in [0.4, 0.5) is 10.1 Å². The third kappa shape index (κ3) is 4.24. The largest absolute Gasteiger partial charge is 0.495 e. The van der Waals surface area contributed by atoms with E-state index in [9.17, 15) is 14.4 Å². The van der Waals surface area contributed by atoms with Crippen molar-refractivity contribution in [3.8, 4) is 11.8 Å². The highest BCUT2D eigenvalue weighted by Gasteiger charge is 2.20. The first kappa shape index (κ1) is 15.9. The highest BCUT2D eigenvalue weighted by atomic mass is 19.1. The summed E-state index contributed by atoms with van der Waals surface area (Å²) < 4.78 is 45.8. The van der Waals surface area contributed by atoms with Gasteiger partial charge in [0.25, 0.3) is 0 Å². The molecule has 7 heteroatoms. The Kier molecular flexibility index (Phi) is 4.95. The molecule has 6 nitrogen and oxygen atoms in total. The second-order valence-electron chi connectivity index (χ2n) is 6.46. The molecule has 2 aromatic carbocycles. The predicted octanol–water partition coefficient (Wildman–Crippen LogP) is 2.81. The number of carbonyl (C=O) groups excluding carboxylic acids is 1. The zero-order valence-electron chi connectivity index (χ0n) is 18.4. The quantitative estimate of drug-likeness (QED) is 0.737. The van der Waals surface area contributed by atoms with E-state index in [0.717, 1.165) is 5.69 Å². The van der Waals surface area contributed by atoms with Crippen molar-refractivity contribution >= 4 is 11.7 Å². The van der Waals surface area contributed by atoms with Crippen molar-refractivity contribution in [2.24, 2.45) is 0 Å². The van der Waals surface area contributed by atoms with E-state index in [4.69, 9.17) is 8.85 Å². The topological polar surface area (TPSA) is 65.8 Å². The fraction of sp³-hybridized carbons (Fsp3) is 0.333. The van der Waals surface area contributed by atoms with Crippen LogP contribution in [0.2, 0.25) is 0 Å².